The van der Waals surface area contributed by atoms with E-state index in [1.807, 2.05) is 5.32 Å². The molecule has 1 amide bonds. The van der Waals surface area contributed by atoms with Crippen molar-refractivity contribution in [1.82, 2.24) is 4.98 Å². The average molecular weight is 241 g/mol. The largest absolute Gasteiger partial charge is 0.318 e. The van der Waals surface area contributed by atoms with Crippen LogP contribution in [0.15, 0.2) is 12.4 Å². The highest BCUT2D eigenvalue weighted by molar-refractivity contribution is 6.39. The number of halogens is 4. The monoisotopic (exact) mass is 240 g/mol. The van der Waals surface area contributed by atoms with Crippen LogP contribution in [0.25, 0.3) is 0 Å². The van der Waals surface area contributed by atoms with E-state index in [1.54, 1.807) is 0 Å². The average Bonchev–Trinajstić information content (AvgIpc) is 2.11. The molecule has 0 aliphatic carbocycles. The topological polar surface area (TPSA) is 42.0 Å². The zero-order valence-electron chi connectivity index (χ0n) is 6.60. The Morgan fingerprint density at radius 1 is 1.36 bits per heavy atom. The summed E-state index contributed by atoms with van der Waals surface area (Å²) in [6.45, 7) is 0. The fourth-order valence-corrected chi connectivity index (χ4v) is 1.17. The van der Waals surface area contributed by atoms with Gasteiger partial charge in [0.05, 0.1) is 15.7 Å². The third kappa shape index (κ3) is 2.52. The van der Waals surface area contributed by atoms with Gasteiger partial charge in [0.15, 0.2) is 0 Å². The van der Waals surface area contributed by atoms with Crippen LogP contribution in [0, 0.1) is 0 Å². The predicted molar refractivity (Wildman–Crippen MR) is 48.9 cm³/mol. The lowest BCUT2D eigenvalue weighted by atomic mass is 10.4. The van der Waals surface area contributed by atoms with Crippen LogP contribution in [-0.2, 0) is 4.79 Å². The molecule has 1 aromatic heterocycles. The quantitative estimate of drug-likeness (QED) is 0.864. The molecule has 3 nitrogen and oxygen atoms in total. The van der Waals surface area contributed by atoms with Crippen molar-refractivity contribution >= 4 is 34.8 Å². The predicted octanol–water partition coefficient (Wildman–Crippen LogP) is 2.59. The number of nitrogens with one attached hydrogen (secondary N) is 1. The number of nitrogens with zero attached hydrogens (tertiary/aromatic N) is 1. The van der Waals surface area contributed by atoms with E-state index in [9.17, 15) is 13.6 Å². The van der Waals surface area contributed by atoms with Gasteiger partial charge in [-0.25, -0.2) is 0 Å². The second-order valence-corrected chi connectivity index (χ2v) is 3.08. The minimum Gasteiger partial charge on any atom is -0.318 e. The van der Waals surface area contributed by atoms with E-state index in [0.717, 1.165) is 0 Å². The number of alkyl halides is 2. The summed E-state index contributed by atoms with van der Waals surface area (Å²) >= 11 is 11.1. The SMILES string of the molecule is O=C(Nc1c(Cl)cncc1Cl)C(F)F. The van der Waals surface area contributed by atoms with Gasteiger partial charge in [-0.3, -0.25) is 9.78 Å². The number of pyridine rings is 1. The Kier molecular flexibility index (Phi) is 3.60. The maximum absolute atomic E-state index is 11.9. The molecule has 0 saturated carbocycles. The molecule has 0 bridgehead atoms. The van der Waals surface area contributed by atoms with Gasteiger partial charge in [-0.2, -0.15) is 8.78 Å². The standard InChI is InChI=1S/C7H4Cl2F2N2O/c8-3-1-12-2-4(9)5(3)13-7(14)6(10)11/h1-2,6H,(H,12,13,14). The number of carbonyl (C=O) groups is 1. The second kappa shape index (κ2) is 4.52. The van der Waals surface area contributed by atoms with Gasteiger partial charge in [0.2, 0.25) is 0 Å². The lowest BCUT2D eigenvalue weighted by molar-refractivity contribution is -0.126. The van der Waals surface area contributed by atoms with Gasteiger partial charge in [0, 0.05) is 12.4 Å². The van der Waals surface area contributed by atoms with E-state index in [0.29, 0.717) is 0 Å². The first-order chi connectivity index (χ1) is 6.52. The minimum absolute atomic E-state index is 0.00602. The van der Waals surface area contributed by atoms with Gasteiger partial charge in [-0.1, -0.05) is 23.2 Å². The first kappa shape index (κ1) is 11.1. The minimum atomic E-state index is -3.12. The fraction of sp³-hybridized carbons (Fsp3) is 0.143. The number of anilines is 1. The van der Waals surface area contributed by atoms with Gasteiger partial charge in [-0.15, -0.1) is 0 Å². The molecule has 0 radical (unpaired) electrons. The summed E-state index contributed by atoms with van der Waals surface area (Å²) in [5, 5.41) is 1.90. The van der Waals surface area contributed by atoms with Crippen LogP contribution in [-0.4, -0.2) is 17.3 Å². The van der Waals surface area contributed by atoms with Crippen LogP contribution >= 0.6 is 23.2 Å². The molecule has 0 aliphatic rings. The first-order valence-corrected chi connectivity index (χ1v) is 4.16. The number of hydrogen-bond donors (Lipinski definition) is 1. The molecule has 0 aliphatic heterocycles. The van der Waals surface area contributed by atoms with E-state index in [1.165, 1.54) is 12.4 Å². The molecule has 1 N–H and O–H groups in total. The van der Waals surface area contributed by atoms with E-state index in [2.05, 4.69) is 4.98 Å². The number of carbonyl (C=O) groups excluding carboxylic acids is 1. The van der Waals surface area contributed by atoms with Crippen molar-refractivity contribution in [2.45, 2.75) is 6.43 Å². The summed E-state index contributed by atoms with van der Waals surface area (Å²) < 4.78 is 23.7. The third-order valence-corrected chi connectivity index (χ3v) is 1.87. The highest BCUT2D eigenvalue weighted by atomic mass is 35.5. The van der Waals surface area contributed by atoms with Gasteiger partial charge >= 0.3 is 6.43 Å². The third-order valence-electron chi connectivity index (χ3n) is 1.30. The van der Waals surface area contributed by atoms with Crippen LogP contribution in [0.5, 0.6) is 0 Å². The first-order valence-electron chi connectivity index (χ1n) is 3.40. The molecule has 0 atom stereocenters. The maximum atomic E-state index is 11.9. The highest BCUT2D eigenvalue weighted by Crippen LogP contribution is 2.28. The zero-order valence-corrected chi connectivity index (χ0v) is 8.11. The van der Waals surface area contributed by atoms with Crippen LogP contribution in [0.3, 0.4) is 0 Å². The van der Waals surface area contributed by atoms with Crippen molar-refractivity contribution in [3.63, 3.8) is 0 Å². The van der Waals surface area contributed by atoms with Gasteiger partial charge < -0.3 is 5.32 Å². The molecule has 0 unspecified atom stereocenters. The van der Waals surface area contributed by atoms with Gasteiger partial charge in [-0.05, 0) is 0 Å². The highest BCUT2D eigenvalue weighted by Gasteiger charge is 2.17. The lowest BCUT2D eigenvalue weighted by Gasteiger charge is -2.07. The Bertz CT molecular complexity index is 339. The lowest BCUT2D eigenvalue weighted by Crippen LogP contribution is -2.20. The molecule has 0 spiro atoms. The van der Waals surface area contributed by atoms with Crippen molar-refractivity contribution in [2.24, 2.45) is 0 Å². The Morgan fingerprint density at radius 3 is 2.29 bits per heavy atom. The Morgan fingerprint density at radius 2 is 1.86 bits per heavy atom. The summed E-state index contributed by atoms with van der Waals surface area (Å²) in [5.41, 5.74) is -0.0615. The normalized spacial score (nSPS) is 10.4. The zero-order chi connectivity index (χ0) is 10.7. The van der Waals surface area contributed by atoms with Crippen LogP contribution in [0.2, 0.25) is 10.0 Å². The molecule has 1 heterocycles. The second-order valence-electron chi connectivity index (χ2n) is 2.27. The smallest absolute Gasteiger partial charge is 0.315 e. The molecule has 0 saturated heterocycles. The molecule has 0 fully saturated rings. The van der Waals surface area contributed by atoms with Crippen LogP contribution in [0.1, 0.15) is 0 Å². The molecule has 0 aromatic carbocycles. The molecule has 14 heavy (non-hydrogen) atoms. The number of aromatic nitrogens is 1. The molecule has 1 aromatic rings. The number of hydrogen-bond acceptors (Lipinski definition) is 2. The number of amides is 1. The van der Waals surface area contributed by atoms with E-state index in [4.69, 9.17) is 23.2 Å². The van der Waals surface area contributed by atoms with Gasteiger partial charge in [0.25, 0.3) is 5.91 Å². The van der Waals surface area contributed by atoms with Gasteiger partial charge in [0.1, 0.15) is 0 Å². The molecule has 7 heteroatoms. The van der Waals surface area contributed by atoms with E-state index >= 15 is 0 Å². The molecular weight excluding hydrogens is 237 g/mol. The summed E-state index contributed by atoms with van der Waals surface area (Å²) in [6, 6.07) is 0. The molecule has 1 rings (SSSR count). The summed E-state index contributed by atoms with van der Waals surface area (Å²) in [5.74, 6) is -1.46. The van der Waals surface area contributed by atoms with Crippen LogP contribution in [0.4, 0.5) is 14.5 Å². The molecular formula is C7H4Cl2F2N2O. The Hall–Kier alpha value is -0.940. The van der Waals surface area contributed by atoms with Crippen molar-refractivity contribution in [3.05, 3.63) is 22.4 Å². The van der Waals surface area contributed by atoms with Crippen LogP contribution < -0.4 is 5.32 Å². The van der Waals surface area contributed by atoms with E-state index in [-0.39, 0.29) is 15.7 Å². The molecule has 76 valence electrons. The van der Waals surface area contributed by atoms with E-state index < -0.39 is 12.3 Å². The van der Waals surface area contributed by atoms with Crippen molar-refractivity contribution < 1.29 is 13.6 Å². The summed E-state index contributed by atoms with van der Waals surface area (Å²) in [4.78, 5) is 14.2. The van der Waals surface area contributed by atoms with Crippen molar-refractivity contribution in [3.8, 4) is 0 Å². The number of rotatable bonds is 2. The van der Waals surface area contributed by atoms with Crippen molar-refractivity contribution in [1.29, 1.82) is 0 Å². The van der Waals surface area contributed by atoms with Crippen molar-refractivity contribution in [2.75, 3.05) is 5.32 Å². The summed E-state index contributed by atoms with van der Waals surface area (Å²) in [7, 11) is 0. The summed E-state index contributed by atoms with van der Waals surface area (Å²) in [6.07, 6.45) is -0.737. The fourth-order valence-electron chi connectivity index (χ4n) is 0.708. The maximum Gasteiger partial charge on any atom is 0.315 e. The Labute approximate surface area is 88.0 Å². The Balaban J connectivity index is 2.91.